The van der Waals surface area contributed by atoms with Crippen LogP contribution >= 0.6 is 35.4 Å². The molecule has 3 N–H and O–H groups in total. The highest BCUT2D eigenvalue weighted by atomic mass is 35.5. The molecule has 92 valence electrons. The van der Waals surface area contributed by atoms with E-state index in [0.29, 0.717) is 23.0 Å². The van der Waals surface area contributed by atoms with Crippen LogP contribution in [0.4, 0.5) is 0 Å². The Bertz CT molecular complexity index is 437. The Kier molecular flexibility index (Phi) is 5.68. The van der Waals surface area contributed by atoms with Crippen molar-refractivity contribution >= 4 is 46.3 Å². The zero-order chi connectivity index (χ0) is 12.8. The molecule has 0 unspecified atom stereocenters. The van der Waals surface area contributed by atoms with E-state index >= 15 is 0 Å². The minimum Gasteiger partial charge on any atom is -0.393 e. The predicted octanol–water partition coefficient (Wildman–Crippen LogP) is 2.33. The van der Waals surface area contributed by atoms with Gasteiger partial charge in [-0.2, -0.15) is 0 Å². The molecule has 0 aliphatic heterocycles. The molecule has 0 heterocycles. The fraction of sp³-hybridized carbons (Fsp3) is 0.273. The Morgan fingerprint density at radius 1 is 1.41 bits per heavy atom. The molecule has 0 atom stereocenters. The summed E-state index contributed by atoms with van der Waals surface area (Å²) in [4.78, 5) is 11.4. The van der Waals surface area contributed by atoms with E-state index in [2.05, 4.69) is 17.5 Å². The van der Waals surface area contributed by atoms with E-state index in [1.54, 1.807) is 12.1 Å². The Morgan fingerprint density at radius 3 is 2.71 bits per heavy atom. The van der Waals surface area contributed by atoms with Gasteiger partial charge in [-0.05, 0) is 24.1 Å². The maximum atomic E-state index is 11.3. The minimum absolute atomic E-state index is 0.0731. The molecular formula is C11H12Cl2N2OS. The van der Waals surface area contributed by atoms with Crippen LogP contribution in [0.15, 0.2) is 18.2 Å². The summed E-state index contributed by atoms with van der Waals surface area (Å²) in [6.45, 7) is 0.489. The number of hydrogen-bond donors (Lipinski definition) is 2. The first-order valence-electron chi connectivity index (χ1n) is 4.98. The van der Waals surface area contributed by atoms with Crippen LogP contribution in [0.1, 0.15) is 12.0 Å². The predicted molar refractivity (Wildman–Crippen MR) is 74.6 cm³/mol. The third-order valence-corrected chi connectivity index (χ3v) is 2.80. The summed E-state index contributed by atoms with van der Waals surface area (Å²) in [6.07, 6.45) is 0.711. The van der Waals surface area contributed by atoms with Gasteiger partial charge in [0, 0.05) is 16.6 Å². The molecule has 1 amide bonds. The zero-order valence-electron chi connectivity index (χ0n) is 9.00. The second-order valence-electron chi connectivity index (χ2n) is 3.48. The van der Waals surface area contributed by atoms with Crippen molar-refractivity contribution in [2.75, 3.05) is 6.54 Å². The molecule has 1 aromatic rings. The van der Waals surface area contributed by atoms with Crippen LogP contribution in [0.25, 0.3) is 0 Å². The first-order chi connectivity index (χ1) is 7.99. The van der Waals surface area contributed by atoms with Crippen LogP contribution in [-0.2, 0) is 11.2 Å². The van der Waals surface area contributed by atoms with Crippen LogP contribution in [0.3, 0.4) is 0 Å². The molecule has 0 aliphatic carbocycles. The Hall–Kier alpha value is -0.840. The van der Waals surface area contributed by atoms with Gasteiger partial charge in [0.1, 0.15) is 0 Å². The number of rotatable bonds is 5. The van der Waals surface area contributed by atoms with Gasteiger partial charge >= 0.3 is 0 Å². The van der Waals surface area contributed by atoms with Crippen LogP contribution in [-0.4, -0.2) is 17.4 Å². The monoisotopic (exact) mass is 290 g/mol. The molecule has 0 fully saturated rings. The van der Waals surface area contributed by atoms with Crippen molar-refractivity contribution in [1.82, 2.24) is 5.32 Å². The van der Waals surface area contributed by atoms with Crippen molar-refractivity contribution in [3.63, 3.8) is 0 Å². The van der Waals surface area contributed by atoms with Crippen LogP contribution in [0.2, 0.25) is 10.0 Å². The fourth-order valence-corrected chi connectivity index (χ4v) is 1.92. The lowest BCUT2D eigenvalue weighted by molar-refractivity contribution is -0.119. The lowest BCUT2D eigenvalue weighted by atomic mass is 10.1. The molecule has 6 heteroatoms. The van der Waals surface area contributed by atoms with Gasteiger partial charge in [-0.15, -0.1) is 0 Å². The summed E-state index contributed by atoms with van der Waals surface area (Å²) in [7, 11) is 0. The topological polar surface area (TPSA) is 55.1 Å². The summed E-state index contributed by atoms with van der Waals surface area (Å²) in [5, 5.41) is 3.90. The number of carbonyl (C=O) groups is 1. The molecule has 0 bridgehead atoms. The van der Waals surface area contributed by atoms with Crippen molar-refractivity contribution in [2.45, 2.75) is 12.8 Å². The van der Waals surface area contributed by atoms with Crippen molar-refractivity contribution in [3.05, 3.63) is 33.8 Å². The number of carbonyl (C=O) groups excluding carboxylic acids is 1. The molecule has 0 saturated heterocycles. The first kappa shape index (κ1) is 14.2. The third-order valence-electron chi connectivity index (χ3n) is 2.07. The highest BCUT2D eigenvalue weighted by Gasteiger charge is 2.04. The maximum absolute atomic E-state index is 11.3. The number of hydrogen-bond acceptors (Lipinski definition) is 2. The molecule has 17 heavy (non-hydrogen) atoms. The summed E-state index contributed by atoms with van der Waals surface area (Å²) in [6, 6.07) is 5.28. The minimum atomic E-state index is -0.178. The molecule has 0 aromatic heterocycles. The SMILES string of the molecule is NC(=S)CC(=O)NCCc1ccc(Cl)cc1Cl. The van der Waals surface area contributed by atoms with Crippen molar-refractivity contribution in [3.8, 4) is 0 Å². The number of nitrogens with two attached hydrogens (primary N) is 1. The summed E-state index contributed by atoms with van der Waals surface area (Å²) < 4.78 is 0. The van der Waals surface area contributed by atoms with Crippen LogP contribution in [0.5, 0.6) is 0 Å². The summed E-state index contributed by atoms with van der Waals surface area (Å²) in [5.74, 6) is -0.178. The van der Waals surface area contributed by atoms with Crippen molar-refractivity contribution in [2.24, 2.45) is 5.73 Å². The van der Waals surface area contributed by atoms with Crippen molar-refractivity contribution in [1.29, 1.82) is 0 Å². The Morgan fingerprint density at radius 2 is 2.12 bits per heavy atom. The quantitative estimate of drug-likeness (QED) is 0.819. The van der Waals surface area contributed by atoms with Crippen molar-refractivity contribution < 1.29 is 4.79 Å². The smallest absolute Gasteiger partial charge is 0.226 e. The second-order valence-corrected chi connectivity index (χ2v) is 4.85. The molecule has 0 aliphatic rings. The fourth-order valence-electron chi connectivity index (χ4n) is 1.28. The van der Waals surface area contributed by atoms with E-state index in [1.807, 2.05) is 6.07 Å². The van der Waals surface area contributed by atoms with Crippen LogP contribution in [0, 0.1) is 0 Å². The highest BCUT2D eigenvalue weighted by Crippen LogP contribution is 2.20. The number of amides is 1. The number of thiocarbonyl (C=S) groups is 1. The largest absolute Gasteiger partial charge is 0.393 e. The van der Waals surface area contributed by atoms with E-state index < -0.39 is 0 Å². The van der Waals surface area contributed by atoms with E-state index in [9.17, 15) is 4.79 Å². The van der Waals surface area contributed by atoms with Gasteiger partial charge in [-0.25, -0.2) is 0 Å². The summed E-state index contributed by atoms with van der Waals surface area (Å²) in [5.41, 5.74) is 6.19. The molecule has 0 saturated carbocycles. The Labute approximate surface area is 115 Å². The van der Waals surface area contributed by atoms with E-state index in [4.69, 9.17) is 28.9 Å². The third kappa shape index (κ3) is 5.35. The molecular weight excluding hydrogens is 279 g/mol. The van der Waals surface area contributed by atoms with Gasteiger partial charge < -0.3 is 11.1 Å². The summed E-state index contributed by atoms with van der Waals surface area (Å²) >= 11 is 16.4. The number of halogens is 2. The zero-order valence-corrected chi connectivity index (χ0v) is 11.3. The van der Waals surface area contributed by atoms with E-state index in [1.165, 1.54) is 0 Å². The van der Waals surface area contributed by atoms with E-state index in [0.717, 1.165) is 5.56 Å². The first-order valence-corrected chi connectivity index (χ1v) is 6.14. The Balaban J connectivity index is 2.41. The molecule has 1 rings (SSSR count). The molecule has 0 radical (unpaired) electrons. The van der Waals surface area contributed by atoms with Gasteiger partial charge in [0.25, 0.3) is 0 Å². The van der Waals surface area contributed by atoms with Gasteiger partial charge in [0.2, 0.25) is 5.91 Å². The van der Waals surface area contributed by atoms with Gasteiger partial charge in [0.05, 0.1) is 11.4 Å². The highest BCUT2D eigenvalue weighted by molar-refractivity contribution is 7.80. The van der Waals surface area contributed by atoms with Gasteiger partial charge in [-0.3, -0.25) is 4.79 Å². The number of nitrogens with one attached hydrogen (secondary N) is 1. The van der Waals surface area contributed by atoms with E-state index in [-0.39, 0.29) is 17.3 Å². The lowest BCUT2D eigenvalue weighted by Gasteiger charge is -2.06. The molecule has 3 nitrogen and oxygen atoms in total. The molecule has 1 aromatic carbocycles. The number of benzene rings is 1. The maximum Gasteiger partial charge on any atom is 0.226 e. The standard InChI is InChI=1S/C11H12Cl2N2OS/c12-8-2-1-7(9(13)5-8)3-4-15-11(16)6-10(14)17/h1-2,5H,3-4,6H2,(H2,14,17)(H,15,16). The van der Waals surface area contributed by atoms with Crippen LogP contribution < -0.4 is 11.1 Å². The van der Waals surface area contributed by atoms with Gasteiger partial charge in [0.15, 0.2) is 0 Å². The average Bonchev–Trinajstić information content (AvgIpc) is 2.20. The molecule has 0 spiro atoms. The normalized spacial score (nSPS) is 10.0. The van der Waals surface area contributed by atoms with Gasteiger partial charge in [-0.1, -0.05) is 41.5 Å². The lowest BCUT2D eigenvalue weighted by Crippen LogP contribution is -2.29. The average molecular weight is 291 g/mol. The second kappa shape index (κ2) is 6.79.